The second kappa shape index (κ2) is 8.79. The Hall–Kier alpha value is -2.73. The van der Waals surface area contributed by atoms with E-state index in [-0.39, 0.29) is 18.2 Å². The van der Waals surface area contributed by atoms with E-state index < -0.39 is 4.92 Å². The number of rotatable bonds is 8. The number of hydrogen-bond donors (Lipinski definition) is 0. The number of nitro benzene ring substituents is 1. The van der Waals surface area contributed by atoms with E-state index in [1.807, 2.05) is 35.2 Å². The Kier molecular flexibility index (Phi) is 6.45. The van der Waals surface area contributed by atoms with Crippen LogP contribution >= 0.6 is 0 Å². The highest BCUT2D eigenvalue weighted by Crippen LogP contribution is 2.15. The number of carbonyl (C=O) groups excluding carboxylic acids is 1. The van der Waals surface area contributed by atoms with E-state index in [4.69, 9.17) is 4.74 Å². The van der Waals surface area contributed by atoms with Gasteiger partial charge in [0.2, 0.25) is 0 Å². The van der Waals surface area contributed by atoms with Gasteiger partial charge in [0, 0.05) is 25.2 Å². The molecule has 24 heavy (non-hydrogen) atoms. The third-order valence-electron chi connectivity index (χ3n) is 3.46. The molecule has 0 aliphatic heterocycles. The predicted octanol–water partition coefficient (Wildman–Crippen LogP) is 3.16. The summed E-state index contributed by atoms with van der Waals surface area (Å²) in [4.78, 5) is 24.1. The number of ether oxygens (including phenoxy) is 1. The molecule has 0 amide bonds. The van der Waals surface area contributed by atoms with Gasteiger partial charge in [-0.25, -0.2) is 0 Å². The largest absolute Gasteiger partial charge is 0.465 e. The molecule has 126 valence electrons. The fourth-order valence-corrected chi connectivity index (χ4v) is 2.38. The standard InChI is InChI=1S/C18H20N2O4/c1-2-24-18(21)14-19(12-15-6-4-3-5-7-15)13-16-8-10-17(11-9-16)20(22)23/h3-11H,2,12-14H2,1H3. The van der Waals surface area contributed by atoms with Crippen LogP contribution in [0.5, 0.6) is 0 Å². The van der Waals surface area contributed by atoms with Gasteiger partial charge >= 0.3 is 5.97 Å². The van der Waals surface area contributed by atoms with Gasteiger partial charge in [0.05, 0.1) is 18.1 Å². The summed E-state index contributed by atoms with van der Waals surface area (Å²) in [6.45, 7) is 3.38. The topological polar surface area (TPSA) is 72.7 Å². The van der Waals surface area contributed by atoms with Gasteiger partial charge in [-0.2, -0.15) is 0 Å². The molecule has 0 saturated carbocycles. The third kappa shape index (κ3) is 5.48. The summed E-state index contributed by atoms with van der Waals surface area (Å²) in [6, 6.07) is 16.2. The summed E-state index contributed by atoms with van der Waals surface area (Å²) in [5, 5.41) is 10.7. The van der Waals surface area contributed by atoms with E-state index in [1.165, 1.54) is 12.1 Å². The summed E-state index contributed by atoms with van der Waals surface area (Å²) < 4.78 is 5.03. The number of hydrogen-bond acceptors (Lipinski definition) is 5. The van der Waals surface area contributed by atoms with Crippen molar-refractivity contribution in [2.45, 2.75) is 20.0 Å². The fourth-order valence-electron chi connectivity index (χ4n) is 2.38. The van der Waals surface area contributed by atoms with Crippen LogP contribution in [0.4, 0.5) is 5.69 Å². The molecule has 0 heterocycles. The Morgan fingerprint density at radius 1 is 1.04 bits per heavy atom. The van der Waals surface area contributed by atoms with Crippen molar-refractivity contribution >= 4 is 11.7 Å². The molecule has 6 nitrogen and oxygen atoms in total. The zero-order valence-corrected chi connectivity index (χ0v) is 13.6. The lowest BCUT2D eigenvalue weighted by atomic mass is 10.1. The van der Waals surface area contributed by atoms with Crippen molar-refractivity contribution in [1.82, 2.24) is 4.90 Å². The zero-order chi connectivity index (χ0) is 17.4. The lowest BCUT2D eigenvalue weighted by molar-refractivity contribution is -0.384. The molecule has 0 spiro atoms. The van der Waals surface area contributed by atoms with Gasteiger partial charge in [0.1, 0.15) is 0 Å². The predicted molar refractivity (Wildman–Crippen MR) is 90.3 cm³/mol. The van der Waals surface area contributed by atoms with Gasteiger partial charge in [-0.15, -0.1) is 0 Å². The highest BCUT2D eigenvalue weighted by molar-refractivity contribution is 5.71. The Morgan fingerprint density at radius 2 is 1.62 bits per heavy atom. The Balaban J connectivity index is 2.09. The van der Waals surface area contributed by atoms with Crippen LogP contribution in [0.3, 0.4) is 0 Å². The van der Waals surface area contributed by atoms with Crippen LogP contribution in [0.1, 0.15) is 18.1 Å². The maximum atomic E-state index is 11.8. The minimum Gasteiger partial charge on any atom is -0.465 e. The van der Waals surface area contributed by atoms with Crippen LogP contribution in [-0.2, 0) is 22.6 Å². The van der Waals surface area contributed by atoms with Crippen molar-refractivity contribution < 1.29 is 14.5 Å². The second-order valence-electron chi connectivity index (χ2n) is 5.36. The molecule has 0 unspecified atom stereocenters. The molecule has 0 N–H and O–H groups in total. The molecule has 0 fully saturated rings. The van der Waals surface area contributed by atoms with E-state index >= 15 is 0 Å². The quantitative estimate of drug-likeness (QED) is 0.423. The molecule has 2 aromatic rings. The summed E-state index contributed by atoms with van der Waals surface area (Å²) >= 11 is 0. The van der Waals surface area contributed by atoms with Crippen molar-refractivity contribution in [3.05, 3.63) is 75.8 Å². The summed E-state index contributed by atoms with van der Waals surface area (Å²) in [7, 11) is 0. The maximum absolute atomic E-state index is 11.8. The molecule has 0 atom stereocenters. The van der Waals surface area contributed by atoms with Crippen LogP contribution in [0.25, 0.3) is 0 Å². The van der Waals surface area contributed by atoms with Gasteiger partial charge in [0.25, 0.3) is 5.69 Å². The summed E-state index contributed by atoms with van der Waals surface area (Å²) in [5.41, 5.74) is 2.04. The molecule has 2 rings (SSSR count). The van der Waals surface area contributed by atoms with E-state index in [9.17, 15) is 14.9 Å². The van der Waals surface area contributed by atoms with Gasteiger partial charge in [-0.3, -0.25) is 19.8 Å². The number of nitrogens with zero attached hydrogens (tertiary/aromatic N) is 2. The molecule has 0 aliphatic rings. The monoisotopic (exact) mass is 328 g/mol. The van der Waals surface area contributed by atoms with Crippen LogP contribution in [0, 0.1) is 10.1 Å². The number of carbonyl (C=O) groups is 1. The summed E-state index contributed by atoms with van der Waals surface area (Å²) in [5.74, 6) is -0.282. The second-order valence-corrected chi connectivity index (χ2v) is 5.36. The zero-order valence-electron chi connectivity index (χ0n) is 13.6. The normalized spacial score (nSPS) is 10.6. The van der Waals surface area contributed by atoms with E-state index in [0.29, 0.717) is 19.7 Å². The number of benzene rings is 2. The smallest absolute Gasteiger partial charge is 0.320 e. The molecular formula is C18H20N2O4. The molecule has 6 heteroatoms. The number of non-ortho nitro benzene ring substituents is 1. The Morgan fingerprint density at radius 3 is 2.17 bits per heavy atom. The SMILES string of the molecule is CCOC(=O)CN(Cc1ccccc1)Cc1ccc([N+](=O)[O-])cc1. The molecule has 0 saturated heterocycles. The molecule has 0 aromatic heterocycles. The first kappa shape index (κ1) is 17.6. The fraction of sp³-hybridized carbons (Fsp3) is 0.278. The summed E-state index contributed by atoms with van der Waals surface area (Å²) in [6.07, 6.45) is 0. The van der Waals surface area contributed by atoms with Crippen LogP contribution in [0.15, 0.2) is 54.6 Å². The average Bonchev–Trinajstić information content (AvgIpc) is 2.56. The van der Waals surface area contributed by atoms with Crippen molar-refractivity contribution in [3.63, 3.8) is 0 Å². The lowest BCUT2D eigenvalue weighted by Crippen LogP contribution is -2.30. The van der Waals surface area contributed by atoms with E-state index in [1.54, 1.807) is 19.1 Å². The number of esters is 1. The van der Waals surface area contributed by atoms with Gasteiger partial charge < -0.3 is 4.74 Å². The van der Waals surface area contributed by atoms with Gasteiger partial charge in [-0.1, -0.05) is 42.5 Å². The van der Waals surface area contributed by atoms with Gasteiger partial charge in [-0.05, 0) is 18.1 Å². The highest BCUT2D eigenvalue weighted by atomic mass is 16.6. The Labute approximate surface area is 140 Å². The van der Waals surface area contributed by atoms with Crippen LogP contribution in [0.2, 0.25) is 0 Å². The molecule has 2 aromatic carbocycles. The first-order valence-electron chi connectivity index (χ1n) is 7.73. The first-order valence-corrected chi connectivity index (χ1v) is 7.73. The third-order valence-corrected chi connectivity index (χ3v) is 3.46. The Bertz CT molecular complexity index is 671. The lowest BCUT2D eigenvalue weighted by Gasteiger charge is -2.21. The van der Waals surface area contributed by atoms with Crippen LogP contribution < -0.4 is 0 Å². The van der Waals surface area contributed by atoms with Crippen molar-refractivity contribution in [2.24, 2.45) is 0 Å². The minimum absolute atomic E-state index is 0.0544. The van der Waals surface area contributed by atoms with E-state index in [2.05, 4.69) is 0 Å². The molecule has 0 bridgehead atoms. The van der Waals surface area contributed by atoms with Gasteiger partial charge in [0.15, 0.2) is 0 Å². The highest BCUT2D eigenvalue weighted by Gasteiger charge is 2.14. The van der Waals surface area contributed by atoms with Crippen molar-refractivity contribution in [1.29, 1.82) is 0 Å². The first-order chi connectivity index (χ1) is 11.6. The minimum atomic E-state index is -0.426. The molecule has 0 radical (unpaired) electrons. The number of nitro groups is 1. The molecule has 0 aliphatic carbocycles. The average molecular weight is 328 g/mol. The van der Waals surface area contributed by atoms with Crippen LogP contribution in [-0.4, -0.2) is 28.9 Å². The van der Waals surface area contributed by atoms with Crippen molar-refractivity contribution in [2.75, 3.05) is 13.2 Å². The van der Waals surface area contributed by atoms with Crippen molar-refractivity contribution in [3.8, 4) is 0 Å². The molecular weight excluding hydrogens is 308 g/mol. The maximum Gasteiger partial charge on any atom is 0.320 e. The van der Waals surface area contributed by atoms with E-state index in [0.717, 1.165) is 11.1 Å².